The number of ether oxygens (including phenoxy) is 1. The van der Waals surface area contributed by atoms with E-state index in [4.69, 9.17) is 16.3 Å². The summed E-state index contributed by atoms with van der Waals surface area (Å²) in [4.78, 5) is 41.3. The Balaban J connectivity index is 1.72. The van der Waals surface area contributed by atoms with Gasteiger partial charge in [0.15, 0.2) is 10.9 Å². The average molecular weight is 403 g/mol. The van der Waals surface area contributed by atoms with Gasteiger partial charge in [-0.05, 0) is 49.4 Å². The third-order valence-corrected chi connectivity index (χ3v) is 5.14. The number of benzene rings is 2. The molecule has 1 heterocycles. The van der Waals surface area contributed by atoms with Crippen molar-refractivity contribution >= 4 is 55.8 Å². The minimum atomic E-state index is -1.11. The number of methoxy groups -OCH3 is 1. The zero-order chi connectivity index (χ0) is 19.6. The van der Waals surface area contributed by atoms with Crippen molar-refractivity contribution in [1.82, 2.24) is 4.98 Å². The van der Waals surface area contributed by atoms with Gasteiger partial charge in [-0.25, -0.2) is 4.98 Å². The molecule has 0 aliphatic heterocycles. The van der Waals surface area contributed by atoms with Crippen LogP contribution < -0.4 is 10.1 Å². The SMILES string of the molecule is COc1ccc2nc(NC(=O)C(=O)[C@H](C)C(=O)c3ccc(Cl)cc3)sc2c1. The van der Waals surface area contributed by atoms with Gasteiger partial charge in [-0.2, -0.15) is 0 Å². The van der Waals surface area contributed by atoms with Crippen molar-refractivity contribution in [1.29, 1.82) is 0 Å². The van der Waals surface area contributed by atoms with Gasteiger partial charge in [-0.3, -0.25) is 19.7 Å². The van der Waals surface area contributed by atoms with Gasteiger partial charge in [0.1, 0.15) is 5.75 Å². The van der Waals surface area contributed by atoms with Crippen LogP contribution in [0.2, 0.25) is 5.02 Å². The van der Waals surface area contributed by atoms with Gasteiger partial charge in [0.25, 0.3) is 5.91 Å². The number of aromatic nitrogens is 1. The Bertz CT molecular complexity index is 1030. The van der Waals surface area contributed by atoms with Crippen LogP contribution in [0.4, 0.5) is 5.13 Å². The number of nitrogens with zero attached hydrogens (tertiary/aromatic N) is 1. The fourth-order valence-corrected chi connectivity index (χ4v) is 3.44. The topological polar surface area (TPSA) is 85.4 Å². The van der Waals surface area contributed by atoms with Crippen molar-refractivity contribution in [3.63, 3.8) is 0 Å². The lowest BCUT2D eigenvalue weighted by Gasteiger charge is -2.09. The van der Waals surface area contributed by atoms with E-state index in [2.05, 4.69) is 10.3 Å². The third-order valence-electron chi connectivity index (χ3n) is 3.96. The number of Topliss-reactive ketones (excluding diaryl/α,β-unsaturated/α-hetero) is 2. The summed E-state index contributed by atoms with van der Waals surface area (Å²) in [6, 6.07) is 11.5. The zero-order valence-electron chi connectivity index (χ0n) is 14.5. The van der Waals surface area contributed by atoms with Gasteiger partial charge < -0.3 is 4.74 Å². The van der Waals surface area contributed by atoms with E-state index in [9.17, 15) is 14.4 Å². The Morgan fingerprint density at radius 2 is 1.85 bits per heavy atom. The molecule has 3 rings (SSSR count). The van der Waals surface area contributed by atoms with Crippen molar-refractivity contribution in [3.8, 4) is 5.75 Å². The maximum absolute atomic E-state index is 12.4. The second-order valence-corrected chi connectivity index (χ2v) is 7.23. The number of ketones is 2. The van der Waals surface area contributed by atoms with Crippen molar-refractivity contribution in [3.05, 3.63) is 53.1 Å². The Morgan fingerprint density at radius 3 is 2.52 bits per heavy atom. The highest BCUT2D eigenvalue weighted by Gasteiger charge is 2.28. The molecule has 27 heavy (non-hydrogen) atoms. The standard InChI is InChI=1S/C19H15ClN2O4S/c1-10(16(23)11-3-5-12(20)6-4-11)17(24)18(25)22-19-21-14-8-7-13(26-2)9-15(14)27-19/h3-10H,1-2H3,(H,21,22,25)/t10-/m1/s1. The normalized spacial score (nSPS) is 11.8. The number of carbonyl (C=O) groups excluding carboxylic acids is 3. The Morgan fingerprint density at radius 1 is 1.15 bits per heavy atom. The lowest BCUT2D eigenvalue weighted by molar-refractivity contribution is -0.136. The molecule has 6 nitrogen and oxygen atoms in total. The molecule has 138 valence electrons. The monoisotopic (exact) mass is 402 g/mol. The lowest BCUT2D eigenvalue weighted by atomic mass is 9.95. The first kappa shape index (κ1) is 19.0. The molecule has 1 N–H and O–H groups in total. The molecule has 3 aromatic rings. The number of rotatable bonds is 6. The number of nitrogens with one attached hydrogen (secondary N) is 1. The van der Waals surface area contributed by atoms with Crippen LogP contribution in [-0.2, 0) is 9.59 Å². The summed E-state index contributed by atoms with van der Waals surface area (Å²) in [5.74, 6) is -2.59. The van der Waals surface area contributed by atoms with E-state index >= 15 is 0 Å². The van der Waals surface area contributed by atoms with Crippen LogP contribution in [0, 0.1) is 5.92 Å². The van der Waals surface area contributed by atoms with E-state index in [1.165, 1.54) is 30.4 Å². The summed E-state index contributed by atoms with van der Waals surface area (Å²) < 4.78 is 5.96. The molecule has 0 radical (unpaired) electrons. The van der Waals surface area contributed by atoms with Crippen LogP contribution in [0.1, 0.15) is 17.3 Å². The highest BCUT2D eigenvalue weighted by atomic mass is 35.5. The third kappa shape index (κ3) is 4.15. The molecule has 8 heteroatoms. The molecule has 0 spiro atoms. The first-order chi connectivity index (χ1) is 12.9. The van der Waals surface area contributed by atoms with E-state index in [0.717, 1.165) is 4.70 Å². The summed E-state index contributed by atoms with van der Waals surface area (Å²) >= 11 is 7.01. The molecule has 0 aliphatic carbocycles. The van der Waals surface area contributed by atoms with Crippen LogP contribution in [0.15, 0.2) is 42.5 Å². The molecule has 0 fully saturated rings. The number of hydrogen-bond acceptors (Lipinski definition) is 6. The van der Waals surface area contributed by atoms with Crippen molar-refractivity contribution in [2.75, 3.05) is 12.4 Å². The Kier molecular flexibility index (Phi) is 5.53. The second kappa shape index (κ2) is 7.85. The largest absolute Gasteiger partial charge is 0.497 e. The van der Waals surface area contributed by atoms with Gasteiger partial charge in [-0.1, -0.05) is 22.9 Å². The summed E-state index contributed by atoms with van der Waals surface area (Å²) in [6.07, 6.45) is 0. The molecule has 2 aromatic carbocycles. The maximum Gasteiger partial charge on any atom is 0.294 e. The van der Waals surface area contributed by atoms with Crippen molar-refractivity contribution in [2.45, 2.75) is 6.92 Å². The van der Waals surface area contributed by atoms with Gasteiger partial charge in [0, 0.05) is 10.6 Å². The molecule has 1 atom stereocenters. The average Bonchev–Trinajstić information content (AvgIpc) is 3.07. The highest BCUT2D eigenvalue weighted by molar-refractivity contribution is 7.22. The van der Waals surface area contributed by atoms with Crippen molar-refractivity contribution < 1.29 is 19.1 Å². The van der Waals surface area contributed by atoms with Crippen molar-refractivity contribution in [2.24, 2.45) is 5.92 Å². The minimum absolute atomic E-state index is 0.280. The van der Waals surface area contributed by atoms with E-state index in [-0.39, 0.29) is 5.13 Å². The number of anilines is 1. The van der Waals surface area contributed by atoms with E-state index in [1.54, 1.807) is 37.4 Å². The Hall–Kier alpha value is -2.77. The number of amides is 1. The lowest BCUT2D eigenvalue weighted by Crippen LogP contribution is -2.32. The number of halogens is 1. The fraction of sp³-hybridized carbons (Fsp3) is 0.158. The van der Waals surface area contributed by atoms with Crippen LogP contribution in [-0.4, -0.2) is 29.6 Å². The summed E-state index contributed by atoms with van der Waals surface area (Å²) in [7, 11) is 1.56. The quantitative estimate of drug-likeness (QED) is 0.383. The molecule has 0 unspecified atom stereocenters. The second-order valence-electron chi connectivity index (χ2n) is 5.76. The van der Waals surface area contributed by atoms with Crippen LogP contribution in [0.25, 0.3) is 10.2 Å². The highest BCUT2D eigenvalue weighted by Crippen LogP contribution is 2.29. The fourth-order valence-electron chi connectivity index (χ4n) is 2.42. The molecule has 0 bridgehead atoms. The molecule has 1 amide bonds. The Labute approximate surface area is 164 Å². The van der Waals surface area contributed by atoms with Gasteiger partial charge >= 0.3 is 0 Å². The predicted octanol–water partition coefficient (Wildman–Crippen LogP) is 3.98. The number of hydrogen-bond donors (Lipinski definition) is 1. The van der Waals surface area contributed by atoms with Crippen LogP contribution in [0.3, 0.4) is 0 Å². The smallest absolute Gasteiger partial charge is 0.294 e. The molecule has 1 aromatic heterocycles. The molecular weight excluding hydrogens is 388 g/mol. The number of carbonyl (C=O) groups is 3. The molecule has 0 saturated heterocycles. The molecular formula is C19H15ClN2O4S. The van der Waals surface area contributed by atoms with E-state index in [0.29, 0.717) is 21.9 Å². The molecule has 0 saturated carbocycles. The zero-order valence-corrected chi connectivity index (χ0v) is 16.1. The maximum atomic E-state index is 12.4. The summed E-state index contributed by atoms with van der Waals surface area (Å²) in [5.41, 5.74) is 0.994. The first-order valence-electron chi connectivity index (χ1n) is 7.98. The van der Waals surface area contributed by atoms with E-state index in [1.807, 2.05) is 0 Å². The predicted molar refractivity (Wildman–Crippen MR) is 105 cm³/mol. The number of thiazole rings is 1. The first-order valence-corrected chi connectivity index (χ1v) is 9.18. The summed E-state index contributed by atoms with van der Waals surface area (Å²) in [5, 5.41) is 3.23. The molecule has 0 aliphatic rings. The van der Waals surface area contributed by atoms with Gasteiger partial charge in [-0.15, -0.1) is 0 Å². The van der Waals surface area contributed by atoms with Gasteiger partial charge in [0.2, 0.25) is 5.78 Å². The van der Waals surface area contributed by atoms with Crippen LogP contribution >= 0.6 is 22.9 Å². The minimum Gasteiger partial charge on any atom is -0.497 e. The van der Waals surface area contributed by atoms with Crippen LogP contribution in [0.5, 0.6) is 5.75 Å². The van der Waals surface area contributed by atoms with E-state index < -0.39 is 23.4 Å². The number of fused-ring (bicyclic) bond motifs is 1. The van der Waals surface area contributed by atoms with Gasteiger partial charge in [0.05, 0.1) is 23.2 Å². The summed E-state index contributed by atoms with van der Waals surface area (Å²) in [6.45, 7) is 1.40.